The third kappa shape index (κ3) is 2.50. The van der Waals surface area contributed by atoms with Gasteiger partial charge in [0.1, 0.15) is 18.1 Å². The fourth-order valence-electron chi connectivity index (χ4n) is 2.38. The van der Waals surface area contributed by atoms with Gasteiger partial charge < -0.3 is 14.8 Å². The first-order valence-electron chi connectivity index (χ1n) is 6.48. The number of hydrogen-bond donors (Lipinski definition) is 1. The fourth-order valence-corrected chi connectivity index (χ4v) is 2.38. The topological polar surface area (TPSA) is 30.5 Å². The molecule has 98 valence electrons. The van der Waals surface area contributed by atoms with Crippen LogP contribution in [0.5, 0.6) is 11.5 Å². The molecule has 2 aromatic rings. The first-order chi connectivity index (χ1) is 9.36. The Bertz CT molecular complexity index is 581. The molecule has 3 nitrogen and oxygen atoms in total. The maximum Gasteiger partial charge on any atom is 0.123 e. The Labute approximate surface area is 113 Å². The third-order valence-electron chi connectivity index (χ3n) is 3.37. The van der Waals surface area contributed by atoms with Crippen LogP contribution in [-0.2, 0) is 13.0 Å². The van der Waals surface area contributed by atoms with Crippen molar-refractivity contribution in [2.45, 2.75) is 13.0 Å². The molecule has 0 aromatic heterocycles. The molecule has 0 fully saturated rings. The van der Waals surface area contributed by atoms with Gasteiger partial charge in [-0.1, -0.05) is 24.3 Å². The summed E-state index contributed by atoms with van der Waals surface area (Å²) in [5.74, 6) is 1.64. The zero-order valence-corrected chi connectivity index (χ0v) is 11.0. The van der Waals surface area contributed by atoms with Crippen molar-refractivity contribution in [3.8, 4) is 11.5 Å². The highest BCUT2D eigenvalue weighted by atomic mass is 16.5. The Hall–Kier alpha value is -2.16. The predicted octanol–water partition coefficient (Wildman–Crippen LogP) is 3.24. The molecule has 3 heteroatoms. The molecule has 1 aliphatic heterocycles. The number of rotatable bonds is 4. The first kappa shape index (κ1) is 11.9. The SMILES string of the molecule is COc1cccc(OCc2cccc3c2NCC3)c1. The van der Waals surface area contributed by atoms with E-state index in [0.717, 1.165) is 24.5 Å². The van der Waals surface area contributed by atoms with Crippen molar-refractivity contribution < 1.29 is 9.47 Å². The molecule has 1 heterocycles. The highest BCUT2D eigenvalue weighted by Gasteiger charge is 2.13. The van der Waals surface area contributed by atoms with Gasteiger partial charge in [-0.3, -0.25) is 0 Å². The Morgan fingerprint density at radius 3 is 2.84 bits per heavy atom. The summed E-state index contributed by atoms with van der Waals surface area (Å²) in [6.45, 7) is 1.59. The van der Waals surface area contributed by atoms with Gasteiger partial charge in [0.15, 0.2) is 0 Å². The number of para-hydroxylation sites is 1. The lowest BCUT2D eigenvalue weighted by molar-refractivity contribution is 0.304. The van der Waals surface area contributed by atoms with Crippen LogP contribution in [0.25, 0.3) is 0 Å². The number of fused-ring (bicyclic) bond motifs is 1. The monoisotopic (exact) mass is 255 g/mol. The van der Waals surface area contributed by atoms with Gasteiger partial charge in [0.2, 0.25) is 0 Å². The largest absolute Gasteiger partial charge is 0.497 e. The normalized spacial score (nSPS) is 12.7. The third-order valence-corrected chi connectivity index (χ3v) is 3.37. The van der Waals surface area contributed by atoms with E-state index in [-0.39, 0.29) is 0 Å². The number of ether oxygens (including phenoxy) is 2. The number of benzene rings is 2. The quantitative estimate of drug-likeness (QED) is 0.909. The van der Waals surface area contributed by atoms with Crippen molar-refractivity contribution in [3.05, 3.63) is 53.6 Å². The maximum atomic E-state index is 5.84. The summed E-state index contributed by atoms with van der Waals surface area (Å²) in [5.41, 5.74) is 3.83. The smallest absolute Gasteiger partial charge is 0.123 e. The van der Waals surface area contributed by atoms with Crippen molar-refractivity contribution in [2.24, 2.45) is 0 Å². The van der Waals surface area contributed by atoms with Gasteiger partial charge in [-0.05, 0) is 24.1 Å². The lowest BCUT2D eigenvalue weighted by atomic mass is 10.1. The van der Waals surface area contributed by atoms with Gasteiger partial charge in [-0.2, -0.15) is 0 Å². The molecule has 0 saturated heterocycles. The molecule has 0 bridgehead atoms. The Balaban J connectivity index is 1.74. The Morgan fingerprint density at radius 1 is 1.11 bits per heavy atom. The number of nitrogens with one attached hydrogen (secondary N) is 1. The second-order valence-corrected chi connectivity index (χ2v) is 4.60. The van der Waals surface area contributed by atoms with Crippen molar-refractivity contribution in [1.29, 1.82) is 0 Å². The van der Waals surface area contributed by atoms with Crippen LogP contribution in [0.15, 0.2) is 42.5 Å². The molecule has 0 saturated carbocycles. The second-order valence-electron chi connectivity index (χ2n) is 4.60. The van der Waals surface area contributed by atoms with E-state index >= 15 is 0 Å². The molecule has 3 rings (SSSR count). The lowest BCUT2D eigenvalue weighted by Gasteiger charge is -2.11. The zero-order chi connectivity index (χ0) is 13.1. The number of hydrogen-bond acceptors (Lipinski definition) is 3. The average molecular weight is 255 g/mol. The van der Waals surface area contributed by atoms with Crippen LogP contribution in [0, 0.1) is 0 Å². The first-order valence-corrected chi connectivity index (χ1v) is 6.48. The highest BCUT2D eigenvalue weighted by Crippen LogP contribution is 2.28. The molecule has 0 aliphatic carbocycles. The molecule has 0 unspecified atom stereocenters. The van der Waals surface area contributed by atoms with Gasteiger partial charge in [0, 0.05) is 23.9 Å². The molecule has 19 heavy (non-hydrogen) atoms. The Kier molecular flexibility index (Phi) is 3.27. The van der Waals surface area contributed by atoms with Gasteiger partial charge >= 0.3 is 0 Å². The Morgan fingerprint density at radius 2 is 1.95 bits per heavy atom. The molecule has 0 spiro atoms. The zero-order valence-electron chi connectivity index (χ0n) is 11.0. The lowest BCUT2D eigenvalue weighted by Crippen LogP contribution is -2.00. The molecular weight excluding hydrogens is 238 g/mol. The van der Waals surface area contributed by atoms with Crippen LogP contribution < -0.4 is 14.8 Å². The van der Waals surface area contributed by atoms with Crippen LogP contribution >= 0.6 is 0 Å². The summed E-state index contributed by atoms with van der Waals surface area (Å²) in [6, 6.07) is 14.1. The summed E-state index contributed by atoms with van der Waals surface area (Å²) in [4.78, 5) is 0. The van der Waals surface area contributed by atoms with E-state index in [9.17, 15) is 0 Å². The summed E-state index contributed by atoms with van der Waals surface area (Å²) in [6.07, 6.45) is 1.10. The summed E-state index contributed by atoms with van der Waals surface area (Å²) in [7, 11) is 1.66. The van der Waals surface area contributed by atoms with E-state index < -0.39 is 0 Å². The highest BCUT2D eigenvalue weighted by molar-refractivity contribution is 5.61. The van der Waals surface area contributed by atoms with E-state index in [1.165, 1.54) is 16.8 Å². The molecular formula is C16H17NO2. The molecule has 2 aromatic carbocycles. The average Bonchev–Trinajstić information content (AvgIpc) is 2.94. The van der Waals surface area contributed by atoms with E-state index in [1.54, 1.807) is 7.11 Å². The molecule has 0 radical (unpaired) electrons. The minimum absolute atomic E-state index is 0.573. The van der Waals surface area contributed by atoms with Crippen LogP contribution in [0.3, 0.4) is 0 Å². The van der Waals surface area contributed by atoms with Crippen LogP contribution in [0.2, 0.25) is 0 Å². The number of methoxy groups -OCH3 is 1. The van der Waals surface area contributed by atoms with Crippen molar-refractivity contribution in [1.82, 2.24) is 0 Å². The van der Waals surface area contributed by atoms with E-state index in [1.807, 2.05) is 24.3 Å². The minimum atomic E-state index is 0.573. The summed E-state index contributed by atoms with van der Waals surface area (Å²) >= 11 is 0. The summed E-state index contributed by atoms with van der Waals surface area (Å²) < 4.78 is 11.0. The van der Waals surface area contributed by atoms with E-state index in [2.05, 4.69) is 23.5 Å². The van der Waals surface area contributed by atoms with Crippen molar-refractivity contribution in [3.63, 3.8) is 0 Å². The molecule has 0 amide bonds. The van der Waals surface area contributed by atoms with Gasteiger partial charge in [0.05, 0.1) is 7.11 Å². The van der Waals surface area contributed by atoms with Crippen LogP contribution in [0.1, 0.15) is 11.1 Å². The number of anilines is 1. The van der Waals surface area contributed by atoms with Gasteiger partial charge in [-0.25, -0.2) is 0 Å². The minimum Gasteiger partial charge on any atom is -0.497 e. The van der Waals surface area contributed by atoms with Crippen LogP contribution in [0.4, 0.5) is 5.69 Å². The van der Waals surface area contributed by atoms with Crippen molar-refractivity contribution in [2.75, 3.05) is 19.0 Å². The van der Waals surface area contributed by atoms with Crippen molar-refractivity contribution >= 4 is 5.69 Å². The summed E-state index contributed by atoms with van der Waals surface area (Å²) in [5, 5.41) is 3.42. The van der Waals surface area contributed by atoms with Gasteiger partial charge in [-0.15, -0.1) is 0 Å². The molecule has 0 atom stereocenters. The predicted molar refractivity (Wildman–Crippen MR) is 76.0 cm³/mol. The fraction of sp³-hybridized carbons (Fsp3) is 0.250. The van der Waals surface area contributed by atoms with Gasteiger partial charge in [0.25, 0.3) is 0 Å². The maximum absolute atomic E-state index is 5.84. The molecule has 1 N–H and O–H groups in total. The standard InChI is InChI=1S/C16H17NO2/c1-18-14-6-3-7-15(10-14)19-11-13-5-2-4-12-8-9-17-16(12)13/h2-7,10,17H,8-9,11H2,1H3. The van der Waals surface area contributed by atoms with E-state index in [0.29, 0.717) is 6.61 Å². The van der Waals surface area contributed by atoms with E-state index in [4.69, 9.17) is 9.47 Å². The van der Waals surface area contributed by atoms with Crippen LogP contribution in [-0.4, -0.2) is 13.7 Å². The molecule has 1 aliphatic rings. The second kappa shape index (κ2) is 5.22.